The van der Waals surface area contributed by atoms with Crippen molar-refractivity contribution in [3.05, 3.63) is 47.2 Å². The molecule has 1 heterocycles. The van der Waals surface area contributed by atoms with Gasteiger partial charge in [-0.3, -0.25) is 4.68 Å². The van der Waals surface area contributed by atoms with Crippen LogP contribution in [0.2, 0.25) is 0 Å². The summed E-state index contributed by atoms with van der Waals surface area (Å²) in [6.45, 7) is 1.98. The minimum Gasteiger partial charge on any atom is -0.465 e. The highest BCUT2D eigenvalue weighted by Crippen LogP contribution is 2.23. The van der Waals surface area contributed by atoms with E-state index in [-0.39, 0.29) is 5.97 Å². The average molecular weight is 276 g/mol. The van der Waals surface area contributed by atoms with Crippen LogP contribution in [-0.4, -0.2) is 22.9 Å². The zero-order chi connectivity index (χ0) is 13.8. The molecule has 0 bridgehead atoms. The molecule has 0 aliphatic rings. The molecule has 5 heteroatoms. The predicted molar refractivity (Wildman–Crippen MR) is 75.3 cm³/mol. The number of aryl methyl sites for hydroxylation is 2. The highest BCUT2D eigenvalue weighted by Gasteiger charge is 2.06. The lowest BCUT2D eigenvalue weighted by Gasteiger charge is -2.03. The standard InChI is InChI=1S/C14H16N2O2S/c1-10-8-13(16(2)15-10)19-9-11-4-6-12(7-5-11)14(17)18-3/h4-8H,9H2,1-3H3. The number of carbonyl (C=O) groups excluding carboxylic acids is 1. The lowest BCUT2D eigenvalue weighted by Crippen LogP contribution is -2.00. The normalized spacial score (nSPS) is 10.5. The summed E-state index contributed by atoms with van der Waals surface area (Å²) in [5, 5.41) is 5.44. The second kappa shape index (κ2) is 5.93. The third-order valence-electron chi connectivity index (χ3n) is 2.72. The summed E-state index contributed by atoms with van der Waals surface area (Å²) < 4.78 is 6.55. The second-order valence-corrected chi connectivity index (χ2v) is 5.22. The molecule has 0 unspecified atom stereocenters. The molecule has 0 saturated heterocycles. The predicted octanol–water partition coefficient (Wildman–Crippen LogP) is 2.81. The van der Waals surface area contributed by atoms with Crippen LogP contribution in [0, 0.1) is 6.92 Å². The number of aromatic nitrogens is 2. The number of thioether (sulfide) groups is 1. The molecule has 2 rings (SSSR count). The first-order chi connectivity index (χ1) is 9.10. The molecule has 0 aliphatic carbocycles. The Balaban J connectivity index is 2.00. The van der Waals surface area contributed by atoms with Crippen molar-refractivity contribution >= 4 is 17.7 Å². The smallest absolute Gasteiger partial charge is 0.337 e. The highest BCUT2D eigenvalue weighted by atomic mass is 32.2. The van der Waals surface area contributed by atoms with Gasteiger partial charge in [0.05, 0.1) is 23.4 Å². The van der Waals surface area contributed by atoms with Crippen LogP contribution >= 0.6 is 11.8 Å². The van der Waals surface area contributed by atoms with Crippen LogP contribution in [0.25, 0.3) is 0 Å². The minimum atomic E-state index is -0.304. The van der Waals surface area contributed by atoms with Gasteiger partial charge in [0.15, 0.2) is 0 Å². The molecule has 0 spiro atoms. The molecular formula is C14H16N2O2S. The topological polar surface area (TPSA) is 44.1 Å². The van der Waals surface area contributed by atoms with Gasteiger partial charge in [-0.25, -0.2) is 4.79 Å². The summed E-state index contributed by atoms with van der Waals surface area (Å²) in [4.78, 5) is 11.3. The Morgan fingerprint density at radius 3 is 2.58 bits per heavy atom. The number of rotatable bonds is 4. The lowest BCUT2D eigenvalue weighted by molar-refractivity contribution is 0.0600. The van der Waals surface area contributed by atoms with E-state index in [0.717, 1.165) is 22.0 Å². The third kappa shape index (κ3) is 3.38. The molecule has 0 aliphatic heterocycles. The summed E-state index contributed by atoms with van der Waals surface area (Å²) in [6.07, 6.45) is 0. The van der Waals surface area contributed by atoms with E-state index in [4.69, 9.17) is 0 Å². The molecular weight excluding hydrogens is 260 g/mol. The maximum Gasteiger partial charge on any atom is 0.337 e. The molecule has 0 amide bonds. The summed E-state index contributed by atoms with van der Waals surface area (Å²) in [5.74, 6) is 0.543. The van der Waals surface area contributed by atoms with E-state index < -0.39 is 0 Å². The first-order valence-corrected chi connectivity index (χ1v) is 6.89. The lowest BCUT2D eigenvalue weighted by atomic mass is 10.1. The van der Waals surface area contributed by atoms with E-state index in [1.807, 2.05) is 30.8 Å². The van der Waals surface area contributed by atoms with E-state index in [2.05, 4.69) is 15.9 Å². The number of ether oxygens (including phenoxy) is 1. The molecule has 0 fully saturated rings. The first-order valence-electron chi connectivity index (χ1n) is 5.91. The fourth-order valence-electron chi connectivity index (χ4n) is 1.73. The summed E-state index contributed by atoms with van der Waals surface area (Å²) in [7, 11) is 3.33. The molecule has 1 aromatic carbocycles. The number of hydrogen-bond donors (Lipinski definition) is 0. The molecule has 0 radical (unpaired) electrons. The fraction of sp³-hybridized carbons (Fsp3) is 0.286. The van der Waals surface area contributed by atoms with Gasteiger partial charge in [-0.1, -0.05) is 12.1 Å². The van der Waals surface area contributed by atoms with Gasteiger partial charge >= 0.3 is 5.97 Å². The minimum absolute atomic E-state index is 0.304. The number of methoxy groups -OCH3 is 1. The van der Waals surface area contributed by atoms with Crippen molar-refractivity contribution in [3.8, 4) is 0 Å². The molecule has 2 aromatic rings. The molecule has 0 N–H and O–H groups in total. The maximum absolute atomic E-state index is 11.3. The molecule has 4 nitrogen and oxygen atoms in total. The number of nitrogens with zero attached hydrogens (tertiary/aromatic N) is 2. The monoisotopic (exact) mass is 276 g/mol. The van der Waals surface area contributed by atoms with Crippen LogP contribution in [0.15, 0.2) is 35.4 Å². The second-order valence-electron chi connectivity index (χ2n) is 4.22. The van der Waals surface area contributed by atoms with E-state index in [1.165, 1.54) is 7.11 Å². The van der Waals surface area contributed by atoms with E-state index in [1.54, 1.807) is 23.9 Å². The Morgan fingerprint density at radius 2 is 2.05 bits per heavy atom. The largest absolute Gasteiger partial charge is 0.465 e. The van der Waals surface area contributed by atoms with Gasteiger partial charge in [0.2, 0.25) is 0 Å². The average Bonchev–Trinajstić information content (AvgIpc) is 2.74. The van der Waals surface area contributed by atoms with Crippen molar-refractivity contribution in [2.24, 2.45) is 7.05 Å². The van der Waals surface area contributed by atoms with Crippen LogP contribution in [-0.2, 0) is 17.5 Å². The van der Waals surface area contributed by atoms with Gasteiger partial charge in [0.25, 0.3) is 0 Å². The van der Waals surface area contributed by atoms with Gasteiger partial charge in [-0.05, 0) is 30.7 Å². The number of carbonyl (C=O) groups is 1. The summed E-state index contributed by atoms with van der Waals surface area (Å²) in [5.41, 5.74) is 2.76. The van der Waals surface area contributed by atoms with Crippen molar-refractivity contribution in [1.82, 2.24) is 9.78 Å². The van der Waals surface area contributed by atoms with E-state index in [9.17, 15) is 4.79 Å². The van der Waals surface area contributed by atoms with Crippen molar-refractivity contribution in [2.75, 3.05) is 7.11 Å². The van der Waals surface area contributed by atoms with Gasteiger partial charge in [0, 0.05) is 12.8 Å². The Hall–Kier alpha value is -1.75. The quantitative estimate of drug-likeness (QED) is 0.636. The van der Waals surface area contributed by atoms with Gasteiger partial charge in [0.1, 0.15) is 0 Å². The van der Waals surface area contributed by atoms with Crippen molar-refractivity contribution in [1.29, 1.82) is 0 Å². The summed E-state index contributed by atoms with van der Waals surface area (Å²) >= 11 is 1.73. The molecule has 0 saturated carbocycles. The van der Waals surface area contributed by atoms with Crippen molar-refractivity contribution in [3.63, 3.8) is 0 Å². The molecule has 0 atom stereocenters. The van der Waals surface area contributed by atoms with Crippen LogP contribution in [0.4, 0.5) is 0 Å². The third-order valence-corrected chi connectivity index (χ3v) is 3.88. The zero-order valence-electron chi connectivity index (χ0n) is 11.2. The Bertz CT molecular complexity index is 576. The van der Waals surface area contributed by atoms with Gasteiger partial charge < -0.3 is 4.74 Å². The zero-order valence-corrected chi connectivity index (χ0v) is 12.0. The SMILES string of the molecule is COC(=O)c1ccc(CSc2cc(C)nn2C)cc1. The summed E-state index contributed by atoms with van der Waals surface area (Å²) in [6, 6.07) is 9.53. The van der Waals surface area contributed by atoms with E-state index >= 15 is 0 Å². The number of hydrogen-bond acceptors (Lipinski definition) is 4. The Labute approximate surface area is 116 Å². The van der Waals surface area contributed by atoms with Crippen LogP contribution in [0.5, 0.6) is 0 Å². The van der Waals surface area contributed by atoms with Crippen molar-refractivity contribution in [2.45, 2.75) is 17.7 Å². The number of esters is 1. The van der Waals surface area contributed by atoms with E-state index in [0.29, 0.717) is 5.56 Å². The number of benzene rings is 1. The molecule has 100 valence electrons. The van der Waals surface area contributed by atoms with Crippen molar-refractivity contribution < 1.29 is 9.53 Å². The highest BCUT2D eigenvalue weighted by molar-refractivity contribution is 7.98. The van der Waals surface area contributed by atoms with Crippen LogP contribution in [0.3, 0.4) is 0 Å². The van der Waals surface area contributed by atoms with Crippen LogP contribution < -0.4 is 0 Å². The first kappa shape index (κ1) is 13.7. The van der Waals surface area contributed by atoms with Gasteiger partial charge in [-0.2, -0.15) is 5.10 Å². The van der Waals surface area contributed by atoms with Crippen LogP contribution in [0.1, 0.15) is 21.6 Å². The maximum atomic E-state index is 11.3. The Kier molecular flexibility index (Phi) is 4.27. The molecule has 1 aromatic heterocycles. The molecule has 19 heavy (non-hydrogen) atoms. The van der Waals surface area contributed by atoms with Gasteiger partial charge in [-0.15, -0.1) is 11.8 Å². The Morgan fingerprint density at radius 1 is 1.37 bits per heavy atom. The fourth-order valence-corrected chi connectivity index (χ4v) is 2.72.